The quantitative estimate of drug-likeness (QED) is 0.919. The van der Waals surface area contributed by atoms with Crippen LogP contribution >= 0.6 is 15.9 Å². The minimum atomic E-state index is 0.0687. The summed E-state index contributed by atoms with van der Waals surface area (Å²) in [5.74, 6) is 1.76. The maximum Gasteiger partial charge on any atom is 0.165 e. The van der Waals surface area contributed by atoms with Crippen LogP contribution in [0.2, 0.25) is 0 Å². The van der Waals surface area contributed by atoms with Crippen LogP contribution < -0.4 is 14.2 Å². The SMILES string of the molecule is COc1ccc(-c2cc(Br)cc(OC)c2O)c(OC)c1. The van der Waals surface area contributed by atoms with Crippen molar-refractivity contribution in [3.63, 3.8) is 0 Å². The molecule has 2 aromatic carbocycles. The van der Waals surface area contributed by atoms with Crippen molar-refractivity contribution in [2.45, 2.75) is 0 Å². The van der Waals surface area contributed by atoms with Gasteiger partial charge in [-0.15, -0.1) is 0 Å². The number of methoxy groups -OCH3 is 3. The first kappa shape index (κ1) is 14.5. The molecule has 0 amide bonds. The zero-order valence-corrected chi connectivity index (χ0v) is 13.0. The number of hydrogen-bond acceptors (Lipinski definition) is 4. The van der Waals surface area contributed by atoms with Gasteiger partial charge in [0, 0.05) is 21.7 Å². The van der Waals surface area contributed by atoms with E-state index in [1.165, 1.54) is 7.11 Å². The van der Waals surface area contributed by atoms with Gasteiger partial charge in [-0.2, -0.15) is 0 Å². The van der Waals surface area contributed by atoms with Gasteiger partial charge in [-0.05, 0) is 24.3 Å². The first-order chi connectivity index (χ1) is 9.60. The highest BCUT2D eigenvalue weighted by molar-refractivity contribution is 9.10. The molecule has 2 aromatic rings. The summed E-state index contributed by atoms with van der Waals surface area (Å²) in [6.45, 7) is 0. The average Bonchev–Trinajstić information content (AvgIpc) is 2.48. The Labute approximate surface area is 126 Å². The fourth-order valence-corrected chi connectivity index (χ4v) is 2.39. The van der Waals surface area contributed by atoms with Crippen molar-refractivity contribution in [3.8, 4) is 34.1 Å². The summed E-state index contributed by atoms with van der Waals surface area (Å²) in [6.07, 6.45) is 0. The predicted octanol–water partition coefficient (Wildman–Crippen LogP) is 3.85. The van der Waals surface area contributed by atoms with Crippen LogP contribution in [0.25, 0.3) is 11.1 Å². The fourth-order valence-electron chi connectivity index (χ4n) is 1.96. The first-order valence-corrected chi connectivity index (χ1v) is 6.69. The topological polar surface area (TPSA) is 47.9 Å². The van der Waals surface area contributed by atoms with Gasteiger partial charge in [-0.25, -0.2) is 0 Å². The van der Waals surface area contributed by atoms with Crippen molar-refractivity contribution in [2.24, 2.45) is 0 Å². The highest BCUT2D eigenvalue weighted by Crippen LogP contribution is 2.43. The zero-order chi connectivity index (χ0) is 14.7. The second-order valence-electron chi connectivity index (χ2n) is 4.07. The van der Waals surface area contributed by atoms with Crippen molar-refractivity contribution >= 4 is 15.9 Å². The minimum absolute atomic E-state index is 0.0687. The van der Waals surface area contributed by atoms with Crippen LogP contribution in [0.1, 0.15) is 0 Å². The molecule has 4 nitrogen and oxygen atoms in total. The second kappa shape index (κ2) is 6.05. The fraction of sp³-hybridized carbons (Fsp3) is 0.200. The van der Waals surface area contributed by atoms with Gasteiger partial charge >= 0.3 is 0 Å². The summed E-state index contributed by atoms with van der Waals surface area (Å²) in [5, 5.41) is 10.3. The van der Waals surface area contributed by atoms with Crippen LogP contribution in [0.4, 0.5) is 0 Å². The molecule has 0 spiro atoms. The van der Waals surface area contributed by atoms with Crippen LogP contribution in [0.3, 0.4) is 0 Å². The van der Waals surface area contributed by atoms with Crippen molar-refractivity contribution in [1.29, 1.82) is 0 Å². The van der Waals surface area contributed by atoms with Gasteiger partial charge in [-0.1, -0.05) is 15.9 Å². The molecule has 0 unspecified atom stereocenters. The molecule has 0 atom stereocenters. The lowest BCUT2D eigenvalue weighted by Crippen LogP contribution is -1.92. The van der Waals surface area contributed by atoms with Gasteiger partial charge in [0.2, 0.25) is 0 Å². The molecule has 0 fully saturated rings. The highest BCUT2D eigenvalue weighted by atomic mass is 79.9. The molecular formula is C15H15BrO4. The van der Waals surface area contributed by atoms with Crippen molar-refractivity contribution in [2.75, 3.05) is 21.3 Å². The molecule has 0 aliphatic heterocycles. The Morgan fingerprint density at radius 1 is 0.850 bits per heavy atom. The number of rotatable bonds is 4. The van der Waals surface area contributed by atoms with E-state index in [9.17, 15) is 5.11 Å². The average molecular weight is 339 g/mol. The van der Waals surface area contributed by atoms with E-state index >= 15 is 0 Å². The van der Waals surface area contributed by atoms with Crippen LogP contribution in [0.15, 0.2) is 34.8 Å². The molecule has 0 aliphatic rings. The Bertz CT molecular complexity index is 626. The van der Waals surface area contributed by atoms with E-state index in [2.05, 4.69) is 15.9 Å². The van der Waals surface area contributed by atoms with Gasteiger partial charge in [-0.3, -0.25) is 0 Å². The van der Waals surface area contributed by atoms with Crippen LogP contribution in [0, 0.1) is 0 Å². The maximum absolute atomic E-state index is 10.3. The van der Waals surface area contributed by atoms with Gasteiger partial charge in [0.05, 0.1) is 21.3 Å². The minimum Gasteiger partial charge on any atom is -0.504 e. The number of aromatic hydroxyl groups is 1. The molecule has 5 heteroatoms. The molecule has 0 bridgehead atoms. The second-order valence-corrected chi connectivity index (χ2v) is 4.99. The third kappa shape index (κ3) is 2.67. The Balaban J connectivity index is 2.64. The van der Waals surface area contributed by atoms with Crippen molar-refractivity contribution < 1.29 is 19.3 Å². The largest absolute Gasteiger partial charge is 0.504 e. The molecule has 0 aliphatic carbocycles. The molecule has 2 rings (SSSR count). The molecule has 0 saturated heterocycles. The van der Waals surface area contributed by atoms with Gasteiger partial charge < -0.3 is 19.3 Å². The summed E-state index contributed by atoms with van der Waals surface area (Å²) in [7, 11) is 4.68. The summed E-state index contributed by atoms with van der Waals surface area (Å²) >= 11 is 3.40. The number of phenols is 1. The first-order valence-electron chi connectivity index (χ1n) is 5.89. The summed E-state index contributed by atoms with van der Waals surface area (Å²) in [6, 6.07) is 8.92. The van der Waals surface area contributed by atoms with E-state index in [-0.39, 0.29) is 5.75 Å². The lowest BCUT2D eigenvalue weighted by molar-refractivity contribution is 0.373. The molecule has 0 radical (unpaired) electrons. The van der Waals surface area contributed by atoms with Gasteiger partial charge in [0.15, 0.2) is 11.5 Å². The van der Waals surface area contributed by atoms with E-state index in [4.69, 9.17) is 14.2 Å². The van der Waals surface area contributed by atoms with Gasteiger partial charge in [0.25, 0.3) is 0 Å². The number of phenolic OH excluding ortho intramolecular Hbond substituents is 1. The highest BCUT2D eigenvalue weighted by Gasteiger charge is 2.15. The molecular weight excluding hydrogens is 324 g/mol. The lowest BCUT2D eigenvalue weighted by atomic mass is 10.0. The Morgan fingerprint density at radius 2 is 1.55 bits per heavy atom. The lowest BCUT2D eigenvalue weighted by Gasteiger charge is -2.14. The third-order valence-electron chi connectivity index (χ3n) is 2.96. The predicted molar refractivity (Wildman–Crippen MR) is 80.9 cm³/mol. The smallest absolute Gasteiger partial charge is 0.165 e. The molecule has 106 valence electrons. The van der Waals surface area contributed by atoms with E-state index in [1.807, 2.05) is 18.2 Å². The normalized spacial score (nSPS) is 10.2. The molecule has 0 heterocycles. The van der Waals surface area contributed by atoms with Crippen LogP contribution in [0.5, 0.6) is 23.0 Å². The van der Waals surface area contributed by atoms with Crippen molar-refractivity contribution in [3.05, 3.63) is 34.8 Å². The number of benzene rings is 2. The van der Waals surface area contributed by atoms with E-state index < -0.39 is 0 Å². The number of hydrogen-bond donors (Lipinski definition) is 1. The van der Waals surface area contributed by atoms with E-state index in [0.29, 0.717) is 22.8 Å². The third-order valence-corrected chi connectivity index (χ3v) is 3.42. The molecule has 1 N–H and O–H groups in total. The summed E-state index contributed by atoms with van der Waals surface area (Å²) in [5.41, 5.74) is 1.38. The molecule has 0 saturated carbocycles. The summed E-state index contributed by atoms with van der Waals surface area (Å²) < 4.78 is 16.5. The molecule has 0 aromatic heterocycles. The maximum atomic E-state index is 10.3. The van der Waals surface area contributed by atoms with E-state index in [1.54, 1.807) is 26.4 Å². The van der Waals surface area contributed by atoms with E-state index in [0.717, 1.165) is 10.0 Å². The summed E-state index contributed by atoms with van der Waals surface area (Å²) in [4.78, 5) is 0. The van der Waals surface area contributed by atoms with Crippen molar-refractivity contribution in [1.82, 2.24) is 0 Å². The van der Waals surface area contributed by atoms with Crippen LogP contribution in [-0.4, -0.2) is 26.4 Å². The van der Waals surface area contributed by atoms with Gasteiger partial charge in [0.1, 0.15) is 11.5 Å². The standard InChI is InChI=1S/C15H15BrO4/c1-18-10-4-5-11(13(8-10)19-2)12-6-9(16)7-14(20-3)15(12)17/h4-8,17H,1-3H3. The Morgan fingerprint density at radius 3 is 2.15 bits per heavy atom. The zero-order valence-electron chi connectivity index (χ0n) is 11.4. The number of ether oxygens (including phenoxy) is 3. The van der Waals surface area contributed by atoms with Crippen LogP contribution in [-0.2, 0) is 0 Å². The molecule has 20 heavy (non-hydrogen) atoms. The monoisotopic (exact) mass is 338 g/mol. The Kier molecular flexibility index (Phi) is 4.39. The number of halogens is 1. The Hall–Kier alpha value is -1.88.